The van der Waals surface area contributed by atoms with E-state index in [0.717, 1.165) is 12.1 Å². The fourth-order valence-corrected chi connectivity index (χ4v) is 1.69. The number of halogens is 4. The van der Waals surface area contributed by atoms with E-state index >= 15 is 0 Å². The monoisotopic (exact) mass is 288 g/mol. The van der Waals surface area contributed by atoms with Crippen LogP contribution in [0.2, 0.25) is 5.15 Å². The van der Waals surface area contributed by atoms with Gasteiger partial charge in [0, 0.05) is 5.56 Å². The van der Waals surface area contributed by atoms with Gasteiger partial charge in [-0.05, 0) is 23.8 Å². The Kier molecular flexibility index (Phi) is 3.59. The zero-order valence-corrected chi connectivity index (χ0v) is 10.1. The first-order chi connectivity index (χ1) is 8.91. The van der Waals surface area contributed by atoms with Crippen LogP contribution in [-0.4, -0.2) is 10.2 Å². The number of benzene rings is 1. The fraction of sp³-hybridized carbons (Fsp3) is 0.0909. The van der Waals surface area contributed by atoms with Crippen LogP contribution in [-0.2, 0) is 6.18 Å². The first kappa shape index (κ1) is 13.6. The summed E-state index contributed by atoms with van der Waals surface area (Å²) in [6.45, 7) is 0. The summed E-state index contributed by atoms with van der Waals surface area (Å²) in [6, 6.07) is 6.07. The van der Waals surface area contributed by atoms with Gasteiger partial charge in [-0.3, -0.25) is 0 Å². The smallest absolute Gasteiger partial charge is 0.307 e. The molecule has 0 fully saturated rings. The summed E-state index contributed by atoms with van der Waals surface area (Å²) in [4.78, 5) is 0. The van der Waals surface area contributed by atoms with Gasteiger partial charge in [-0.25, -0.2) is 5.84 Å². The molecule has 1 aromatic heterocycles. The number of hydrazine groups is 1. The molecule has 0 saturated heterocycles. The minimum atomic E-state index is -4.37. The third-order valence-corrected chi connectivity index (χ3v) is 2.70. The number of hydrogen-bond acceptors (Lipinski definition) is 4. The van der Waals surface area contributed by atoms with Gasteiger partial charge < -0.3 is 5.43 Å². The summed E-state index contributed by atoms with van der Waals surface area (Å²) >= 11 is 5.85. The summed E-state index contributed by atoms with van der Waals surface area (Å²) < 4.78 is 37.3. The van der Waals surface area contributed by atoms with Crippen LogP contribution in [0.1, 0.15) is 5.56 Å². The van der Waals surface area contributed by atoms with Crippen molar-refractivity contribution in [3.05, 3.63) is 41.0 Å². The highest BCUT2D eigenvalue weighted by atomic mass is 35.5. The van der Waals surface area contributed by atoms with E-state index in [0.29, 0.717) is 11.1 Å². The van der Waals surface area contributed by atoms with Crippen molar-refractivity contribution in [1.29, 1.82) is 0 Å². The molecule has 2 rings (SSSR count). The molecule has 0 amide bonds. The van der Waals surface area contributed by atoms with Gasteiger partial charge in [0.25, 0.3) is 0 Å². The number of nitrogens with two attached hydrogens (primary N) is 1. The number of alkyl halides is 3. The molecule has 0 spiro atoms. The second-order valence-corrected chi connectivity index (χ2v) is 4.01. The maximum atomic E-state index is 12.4. The van der Waals surface area contributed by atoms with Gasteiger partial charge in [0.05, 0.1) is 5.56 Å². The van der Waals surface area contributed by atoms with Crippen LogP contribution in [0.25, 0.3) is 11.1 Å². The predicted octanol–water partition coefficient (Wildman–Crippen LogP) is 3.10. The highest BCUT2D eigenvalue weighted by Gasteiger charge is 2.30. The lowest BCUT2D eigenvalue weighted by atomic mass is 10.1. The molecule has 0 unspecified atom stereocenters. The van der Waals surface area contributed by atoms with E-state index in [9.17, 15) is 13.2 Å². The molecule has 0 bridgehead atoms. The number of nitrogens with one attached hydrogen (secondary N) is 1. The van der Waals surface area contributed by atoms with Gasteiger partial charge in [-0.15, -0.1) is 10.2 Å². The Hall–Kier alpha value is -1.86. The lowest BCUT2D eigenvalue weighted by Gasteiger charge is -2.09. The minimum absolute atomic E-state index is 0.0822. The van der Waals surface area contributed by atoms with Crippen LogP contribution in [0, 0.1) is 0 Å². The Balaban J connectivity index is 2.42. The van der Waals surface area contributed by atoms with E-state index in [2.05, 4.69) is 15.6 Å². The zero-order chi connectivity index (χ0) is 14.0. The Labute approximate surface area is 111 Å². The highest BCUT2D eigenvalue weighted by molar-refractivity contribution is 6.32. The molecular formula is C11H8ClF3N4. The number of rotatable bonds is 2. The van der Waals surface area contributed by atoms with Gasteiger partial charge in [-0.1, -0.05) is 23.7 Å². The normalized spacial score (nSPS) is 11.4. The van der Waals surface area contributed by atoms with Crippen molar-refractivity contribution < 1.29 is 13.2 Å². The van der Waals surface area contributed by atoms with Gasteiger partial charge in [0.1, 0.15) is 0 Å². The quantitative estimate of drug-likeness (QED) is 0.658. The fourth-order valence-electron chi connectivity index (χ4n) is 1.49. The van der Waals surface area contributed by atoms with Crippen molar-refractivity contribution >= 4 is 17.4 Å². The number of aromatic nitrogens is 2. The molecule has 1 aromatic carbocycles. The standard InChI is InChI=1S/C11H8ClF3N4/c12-10-8(5-9(17-16)18-19-10)6-1-3-7(4-2-6)11(13,14)15/h1-5H,16H2,(H,17,18). The van der Waals surface area contributed by atoms with Crippen molar-refractivity contribution in [2.24, 2.45) is 5.84 Å². The van der Waals surface area contributed by atoms with Crippen molar-refractivity contribution in [3.63, 3.8) is 0 Å². The first-order valence-corrected chi connectivity index (χ1v) is 5.47. The third-order valence-electron chi connectivity index (χ3n) is 2.42. The van der Waals surface area contributed by atoms with Crippen LogP contribution in [0.5, 0.6) is 0 Å². The molecule has 8 heteroatoms. The lowest BCUT2D eigenvalue weighted by Crippen LogP contribution is -2.09. The number of nitrogen functional groups attached to an aromatic ring is 1. The molecule has 19 heavy (non-hydrogen) atoms. The summed E-state index contributed by atoms with van der Waals surface area (Å²) in [5.41, 5.74) is 2.49. The van der Waals surface area contributed by atoms with Crippen LogP contribution in [0.3, 0.4) is 0 Å². The van der Waals surface area contributed by atoms with Crippen molar-refractivity contribution in [1.82, 2.24) is 10.2 Å². The summed E-state index contributed by atoms with van der Waals surface area (Å²) in [5.74, 6) is 5.45. The van der Waals surface area contributed by atoms with Crippen molar-refractivity contribution in [2.75, 3.05) is 5.43 Å². The average molecular weight is 289 g/mol. The molecule has 2 aromatic rings. The van der Waals surface area contributed by atoms with Gasteiger partial charge in [0.15, 0.2) is 11.0 Å². The molecule has 0 aliphatic heterocycles. The van der Waals surface area contributed by atoms with E-state index in [1.165, 1.54) is 18.2 Å². The molecule has 0 saturated carbocycles. The summed E-state index contributed by atoms with van der Waals surface area (Å²) in [6.07, 6.45) is -4.37. The largest absolute Gasteiger partial charge is 0.416 e. The third kappa shape index (κ3) is 2.94. The average Bonchev–Trinajstić information content (AvgIpc) is 2.38. The Morgan fingerprint density at radius 1 is 1.11 bits per heavy atom. The maximum absolute atomic E-state index is 12.4. The zero-order valence-electron chi connectivity index (χ0n) is 9.37. The SMILES string of the molecule is NNc1cc(-c2ccc(C(F)(F)F)cc2)c(Cl)nn1. The molecule has 0 atom stereocenters. The van der Waals surface area contributed by atoms with Gasteiger partial charge in [0.2, 0.25) is 0 Å². The molecular weight excluding hydrogens is 281 g/mol. The van der Waals surface area contributed by atoms with E-state index in [1.807, 2.05) is 0 Å². The van der Waals surface area contributed by atoms with Crippen LogP contribution in [0.4, 0.5) is 19.0 Å². The second kappa shape index (κ2) is 5.02. The van der Waals surface area contributed by atoms with Gasteiger partial charge in [-0.2, -0.15) is 13.2 Å². The Bertz CT molecular complexity index is 583. The highest BCUT2D eigenvalue weighted by Crippen LogP contribution is 2.32. The van der Waals surface area contributed by atoms with Crippen LogP contribution in [0.15, 0.2) is 30.3 Å². The van der Waals surface area contributed by atoms with E-state index < -0.39 is 11.7 Å². The second-order valence-electron chi connectivity index (χ2n) is 3.65. The molecule has 0 radical (unpaired) electrons. The summed E-state index contributed by atoms with van der Waals surface area (Å²) in [5, 5.41) is 7.37. The topological polar surface area (TPSA) is 63.8 Å². The van der Waals surface area contributed by atoms with Crippen LogP contribution >= 0.6 is 11.6 Å². The number of anilines is 1. The van der Waals surface area contributed by atoms with Crippen LogP contribution < -0.4 is 11.3 Å². The lowest BCUT2D eigenvalue weighted by molar-refractivity contribution is -0.137. The predicted molar refractivity (Wildman–Crippen MR) is 65.3 cm³/mol. The molecule has 3 N–H and O–H groups in total. The molecule has 100 valence electrons. The molecule has 0 aliphatic carbocycles. The van der Waals surface area contributed by atoms with Gasteiger partial charge >= 0.3 is 6.18 Å². The summed E-state index contributed by atoms with van der Waals surface area (Å²) in [7, 11) is 0. The van der Waals surface area contributed by atoms with Crippen molar-refractivity contribution in [3.8, 4) is 11.1 Å². The molecule has 4 nitrogen and oxygen atoms in total. The van der Waals surface area contributed by atoms with E-state index in [1.54, 1.807) is 0 Å². The molecule has 0 aliphatic rings. The maximum Gasteiger partial charge on any atom is 0.416 e. The van der Waals surface area contributed by atoms with E-state index in [-0.39, 0.29) is 11.0 Å². The molecule has 1 heterocycles. The number of nitrogens with zero attached hydrogens (tertiary/aromatic N) is 2. The Morgan fingerprint density at radius 2 is 1.74 bits per heavy atom. The van der Waals surface area contributed by atoms with Crippen molar-refractivity contribution in [2.45, 2.75) is 6.18 Å². The number of hydrogen-bond donors (Lipinski definition) is 2. The minimum Gasteiger partial charge on any atom is -0.307 e. The van der Waals surface area contributed by atoms with E-state index in [4.69, 9.17) is 17.4 Å². The Morgan fingerprint density at radius 3 is 2.26 bits per heavy atom. The first-order valence-electron chi connectivity index (χ1n) is 5.09.